The van der Waals surface area contributed by atoms with Gasteiger partial charge in [0.05, 0.1) is 11.0 Å². The minimum Gasteiger partial charge on any atom is -0.391 e. The van der Waals surface area contributed by atoms with Crippen LogP contribution in [-0.4, -0.2) is 23.7 Å². The highest BCUT2D eigenvalue weighted by Gasteiger charge is 2.10. The molecule has 2 aromatic rings. The molecule has 0 saturated heterocycles. The van der Waals surface area contributed by atoms with Crippen molar-refractivity contribution in [1.29, 1.82) is 0 Å². The van der Waals surface area contributed by atoms with E-state index in [1.807, 2.05) is 48.7 Å². The molecule has 19 heavy (non-hydrogen) atoms. The highest BCUT2D eigenvalue weighted by Crippen LogP contribution is 2.13. The van der Waals surface area contributed by atoms with Crippen LogP contribution in [0.1, 0.15) is 20.8 Å². The molecule has 0 aliphatic rings. The highest BCUT2D eigenvalue weighted by atomic mass is 32.1. The minimum atomic E-state index is -0.563. The van der Waals surface area contributed by atoms with Gasteiger partial charge in [-0.2, -0.15) is 0 Å². The Labute approximate surface area is 116 Å². The predicted octanol–water partition coefficient (Wildman–Crippen LogP) is 2.39. The maximum absolute atomic E-state index is 11.8. The van der Waals surface area contributed by atoms with Gasteiger partial charge >= 0.3 is 0 Å². The molecular formula is C15H17NO2S. The summed E-state index contributed by atoms with van der Waals surface area (Å²) < 4.78 is 0. The summed E-state index contributed by atoms with van der Waals surface area (Å²) in [5.74, 6) is -0.120. The number of rotatable bonds is 5. The number of aryl methyl sites for hydroxylation is 1. The maximum Gasteiger partial charge on any atom is 0.261 e. The lowest BCUT2D eigenvalue weighted by Gasteiger charge is -2.11. The van der Waals surface area contributed by atoms with E-state index in [0.717, 1.165) is 11.1 Å². The molecule has 2 rings (SSSR count). The average molecular weight is 275 g/mol. The second kappa shape index (κ2) is 6.50. The third kappa shape index (κ3) is 4.19. The van der Waals surface area contributed by atoms with Crippen molar-refractivity contribution in [2.45, 2.75) is 19.4 Å². The van der Waals surface area contributed by atoms with E-state index < -0.39 is 6.10 Å². The third-order valence-corrected chi connectivity index (χ3v) is 3.81. The van der Waals surface area contributed by atoms with E-state index >= 15 is 0 Å². The summed E-state index contributed by atoms with van der Waals surface area (Å²) in [6.45, 7) is 2.22. The van der Waals surface area contributed by atoms with Crippen molar-refractivity contribution >= 4 is 17.2 Å². The van der Waals surface area contributed by atoms with Crippen LogP contribution in [0.4, 0.5) is 0 Å². The summed E-state index contributed by atoms with van der Waals surface area (Å²) >= 11 is 1.42. The van der Waals surface area contributed by atoms with Crippen LogP contribution in [0.2, 0.25) is 0 Å². The number of benzene rings is 1. The first-order valence-corrected chi connectivity index (χ1v) is 7.08. The van der Waals surface area contributed by atoms with Gasteiger partial charge in [0.2, 0.25) is 0 Å². The van der Waals surface area contributed by atoms with Gasteiger partial charge < -0.3 is 10.4 Å². The monoisotopic (exact) mass is 275 g/mol. The van der Waals surface area contributed by atoms with E-state index in [9.17, 15) is 9.90 Å². The molecule has 1 atom stereocenters. The number of aliphatic hydroxyl groups is 1. The van der Waals surface area contributed by atoms with Crippen LogP contribution in [0.3, 0.4) is 0 Å². The van der Waals surface area contributed by atoms with Gasteiger partial charge in [0.1, 0.15) is 0 Å². The molecule has 0 fully saturated rings. The summed E-state index contributed by atoms with van der Waals surface area (Å²) in [5.41, 5.74) is 2.15. The molecule has 4 heteroatoms. The summed E-state index contributed by atoms with van der Waals surface area (Å²) in [5, 5.41) is 14.6. The predicted molar refractivity (Wildman–Crippen MR) is 77.5 cm³/mol. The van der Waals surface area contributed by atoms with Crippen molar-refractivity contribution < 1.29 is 9.90 Å². The van der Waals surface area contributed by atoms with Gasteiger partial charge in [-0.25, -0.2) is 0 Å². The van der Waals surface area contributed by atoms with Crippen molar-refractivity contribution in [3.05, 3.63) is 57.8 Å². The van der Waals surface area contributed by atoms with Crippen LogP contribution in [0.25, 0.3) is 0 Å². The molecule has 1 aromatic carbocycles. The average Bonchev–Trinajstić information content (AvgIpc) is 2.84. The van der Waals surface area contributed by atoms with Gasteiger partial charge in [0, 0.05) is 13.0 Å². The van der Waals surface area contributed by atoms with Gasteiger partial charge in [0.25, 0.3) is 5.91 Å². The summed E-state index contributed by atoms with van der Waals surface area (Å²) in [7, 11) is 0. The topological polar surface area (TPSA) is 49.3 Å². The van der Waals surface area contributed by atoms with Gasteiger partial charge in [-0.15, -0.1) is 11.3 Å². The van der Waals surface area contributed by atoms with E-state index in [2.05, 4.69) is 5.32 Å². The standard InChI is InChI=1S/C15H17NO2S/c1-11-7-14(19-10-11)15(18)16-9-13(17)8-12-5-3-2-4-6-12/h2-7,10,13,17H,8-9H2,1H3,(H,16,18)/t13-/m0/s1. The van der Waals surface area contributed by atoms with Crippen LogP contribution in [0.5, 0.6) is 0 Å². The molecule has 1 heterocycles. The molecule has 2 N–H and O–H groups in total. The van der Waals surface area contributed by atoms with Gasteiger partial charge in [-0.1, -0.05) is 30.3 Å². The summed E-state index contributed by atoms with van der Waals surface area (Å²) in [6.07, 6.45) is -0.0164. The smallest absolute Gasteiger partial charge is 0.261 e. The molecule has 0 aliphatic heterocycles. The zero-order valence-electron chi connectivity index (χ0n) is 10.8. The first-order chi connectivity index (χ1) is 9.15. The Balaban J connectivity index is 1.80. The van der Waals surface area contributed by atoms with Gasteiger partial charge in [0.15, 0.2) is 0 Å². The first kappa shape index (κ1) is 13.8. The second-order valence-electron chi connectivity index (χ2n) is 4.54. The zero-order chi connectivity index (χ0) is 13.7. The molecule has 3 nitrogen and oxygen atoms in total. The minimum absolute atomic E-state index is 0.120. The lowest BCUT2D eigenvalue weighted by molar-refractivity contribution is 0.0920. The molecule has 0 bridgehead atoms. The second-order valence-corrected chi connectivity index (χ2v) is 5.45. The molecule has 0 saturated carbocycles. The normalized spacial score (nSPS) is 12.1. The van der Waals surface area contributed by atoms with Crippen LogP contribution in [0, 0.1) is 6.92 Å². The van der Waals surface area contributed by atoms with Crippen LogP contribution < -0.4 is 5.32 Å². The molecule has 1 aromatic heterocycles. The number of carbonyl (C=O) groups excluding carboxylic acids is 1. The lowest BCUT2D eigenvalue weighted by atomic mass is 10.1. The van der Waals surface area contributed by atoms with Crippen molar-refractivity contribution in [2.24, 2.45) is 0 Å². The Morgan fingerprint density at radius 1 is 1.37 bits per heavy atom. The SMILES string of the molecule is Cc1csc(C(=O)NC[C@@H](O)Cc2ccccc2)c1. The van der Waals surface area contributed by atoms with E-state index in [0.29, 0.717) is 11.3 Å². The van der Waals surface area contributed by atoms with Gasteiger partial charge in [-0.3, -0.25) is 4.79 Å². The molecule has 0 radical (unpaired) electrons. The number of amides is 1. The number of thiophene rings is 1. The molecular weight excluding hydrogens is 258 g/mol. The largest absolute Gasteiger partial charge is 0.391 e. The van der Waals surface area contributed by atoms with Crippen molar-refractivity contribution in [1.82, 2.24) is 5.32 Å². The highest BCUT2D eigenvalue weighted by molar-refractivity contribution is 7.12. The van der Waals surface area contributed by atoms with Gasteiger partial charge in [-0.05, 0) is 29.5 Å². The molecule has 1 amide bonds. The Morgan fingerprint density at radius 3 is 2.74 bits per heavy atom. The quantitative estimate of drug-likeness (QED) is 0.880. The van der Waals surface area contributed by atoms with E-state index in [-0.39, 0.29) is 12.5 Å². The Kier molecular flexibility index (Phi) is 4.71. The third-order valence-electron chi connectivity index (χ3n) is 2.77. The molecule has 0 spiro atoms. The number of nitrogens with one attached hydrogen (secondary N) is 1. The van der Waals surface area contributed by atoms with Crippen molar-refractivity contribution in [3.63, 3.8) is 0 Å². The first-order valence-electron chi connectivity index (χ1n) is 6.20. The number of aliphatic hydroxyl groups excluding tert-OH is 1. The Hall–Kier alpha value is -1.65. The fourth-order valence-corrected chi connectivity index (χ4v) is 2.62. The van der Waals surface area contributed by atoms with Crippen molar-refractivity contribution in [2.75, 3.05) is 6.54 Å². The zero-order valence-corrected chi connectivity index (χ0v) is 11.6. The number of carbonyl (C=O) groups is 1. The Bertz CT molecular complexity index is 536. The Morgan fingerprint density at radius 2 is 2.11 bits per heavy atom. The molecule has 0 unspecified atom stereocenters. The van der Waals surface area contributed by atoms with E-state index in [4.69, 9.17) is 0 Å². The fraction of sp³-hybridized carbons (Fsp3) is 0.267. The van der Waals surface area contributed by atoms with Crippen LogP contribution in [0.15, 0.2) is 41.8 Å². The fourth-order valence-electron chi connectivity index (χ4n) is 1.81. The lowest BCUT2D eigenvalue weighted by Crippen LogP contribution is -2.32. The number of hydrogen-bond acceptors (Lipinski definition) is 3. The van der Waals surface area contributed by atoms with E-state index in [1.165, 1.54) is 11.3 Å². The summed E-state index contributed by atoms with van der Waals surface area (Å²) in [4.78, 5) is 12.5. The van der Waals surface area contributed by atoms with Crippen LogP contribution >= 0.6 is 11.3 Å². The van der Waals surface area contributed by atoms with Crippen LogP contribution in [-0.2, 0) is 6.42 Å². The van der Waals surface area contributed by atoms with E-state index in [1.54, 1.807) is 0 Å². The number of hydrogen-bond donors (Lipinski definition) is 2. The van der Waals surface area contributed by atoms with Crippen molar-refractivity contribution in [3.8, 4) is 0 Å². The summed E-state index contributed by atoms with van der Waals surface area (Å²) in [6, 6.07) is 11.6. The maximum atomic E-state index is 11.8. The molecule has 100 valence electrons. The molecule has 0 aliphatic carbocycles.